The number of Topliss-reactive ketones (excluding diaryl/α,β-unsaturated/α-hetero) is 1. The van der Waals surface area contributed by atoms with Crippen molar-refractivity contribution in [3.63, 3.8) is 0 Å². The third-order valence-electron chi connectivity index (χ3n) is 13.1. The maximum atomic E-state index is 14.1. The molecule has 4 aliphatic carbocycles. The van der Waals surface area contributed by atoms with Crippen molar-refractivity contribution in [2.75, 3.05) is 5.75 Å². The average Bonchev–Trinajstić information content (AvgIpc) is 3.33. The monoisotopic (exact) mass is 662 g/mol. The van der Waals surface area contributed by atoms with Crippen LogP contribution in [0.25, 0.3) is 0 Å². The minimum atomic E-state index is -5.10. The minimum absolute atomic E-state index is 0.0103. The number of fused-ring (bicyclic) bond motifs is 5. The number of hydrogen-bond donors (Lipinski definition) is 2. The standard InChI is InChI=1S/C34H47F5O5S/c1-5-20-24-15-18(40)11-13-34(24,4)23-12-14-33(3)21(9-10-22(33)25(23)31(20)42)17(2)7-6-8-19(41)16-45(43,44)32-29(38)27(36)26(35)28(37)30(32)39/h17-18,20-25,31,40,42H,5-16H2,1-4H3/t17-,18-,20-,21-,22+,23+,24+,25+,31-,33-,34-/m1/s1. The van der Waals surface area contributed by atoms with Gasteiger partial charge in [-0.1, -0.05) is 40.5 Å². The largest absolute Gasteiger partial charge is 0.393 e. The lowest BCUT2D eigenvalue weighted by Crippen LogP contribution is -2.62. The average molecular weight is 663 g/mol. The molecule has 0 unspecified atom stereocenters. The number of carbonyl (C=O) groups is 1. The fraction of sp³-hybridized carbons (Fsp3) is 0.794. The van der Waals surface area contributed by atoms with E-state index in [4.69, 9.17) is 0 Å². The van der Waals surface area contributed by atoms with Gasteiger partial charge in [-0.05, 0) is 104 Å². The van der Waals surface area contributed by atoms with E-state index in [9.17, 15) is 45.4 Å². The molecule has 45 heavy (non-hydrogen) atoms. The van der Waals surface area contributed by atoms with Gasteiger partial charge in [-0.15, -0.1) is 0 Å². The van der Waals surface area contributed by atoms with Gasteiger partial charge in [0.05, 0.1) is 12.2 Å². The maximum Gasteiger partial charge on any atom is 0.200 e. The topological polar surface area (TPSA) is 91.7 Å². The van der Waals surface area contributed by atoms with E-state index in [2.05, 4.69) is 27.7 Å². The Morgan fingerprint density at radius 2 is 1.44 bits per heavy atom. The second-order valence-electron chi connectivity index (χ2n) is 15.2. The molecular weight excluding hydrogens is 615 g/mol. The van der Waals surface area contributed by atoms with E-state index in [-0.39, 0.29) is 41.1 Å². The van der Waals surface area contributed by atoms with Gasteiger partial charge in [0.2, 0.25) is 5.82 Å². The van der Waals surface area contributed by atoms with Crippen LogP contribution in [0.15, 0.2) is 4.90 Å². The van der Waals surface area contributed by atoms with Crippen molar-refractivity contribution in [3.8, 4) is 0 Å². The molecule has 254 valence electrons. The van der Waals surface area contributed by atoms with E-state index < -0.39 is 61.5 Å². The highest BCUT2D eigenvalue weighted by atomic mass is 32.2. The molecule has 4 fully saturated rings. The normalized spacial score (nSPS) is 38.7. The minimum Gasteiger partial charge on any atom is -0.393 e. The van der Waals surface area contributed by atoms with E-state index >= 15 is 0 Å². The molecule has 0 radical (unpaired) electrons. The summed E-state index contributed by atoms with van der Waals surface area (Å²) in [5, 5.41) is 22.4. The fourth-order valence-electron chi connectivity index (χ4n) is 11.0. The van der Waals surface area contributed by atoms with Gasteiger partial charge in [0.15, 0.2) is 33.1 Å². The van der Waals surface area contributed by atoms with Crippen LogP contribution in [0.3, 0.4) is 0 Å². The first kappa shape index (κ1) is 34.7. The molecule has 0 bridgehead atoms. The molecule has 0 spiro atoms. The predicted molar refractivity (Wildman–Crippen MR) is 158 cm³/mol. The van der Waals surface area contributed by atoms with Gasteiger partial charge in [0.1, 0.15) is 16.4 Å². The fourth-order valence-corrected chi connectivity index (χ4v) is 12.4. The molecule has 0 aromatic heterocycles. The van der Waals surface area contributed by atoms with Crippen molar-refractivity contribution in [1.29, 1.82) is 0 Å². The lowest BCUT2D eigenvalue weighted by molar-refractivity contribution is -0.203. The number of aliphatic hydroxyl groups is 2. The molecule has 2 N–H and O–H groups in total. The van der Waals surface area contributed by atoms with Crippen LogP contribution in [0.1, 0.15) is 98.3 Å². The van der Waals surface area contributed by atoms with Crippen molar-refractivity contribution >= 4 is 15.6 Å². The van der Waals surface area contributed by atoms with Crippen LogP contribution in [-0.4, -0.2) is 42.4 Å². The van der Waals surface area contributed by atoms with Crippen LogP contribution in [0.4, 0.5) is 22.0 Å². The van der Waals surface area contributed by atoms with Gasteiger partial charge in [0.25, 0.3) is 0 Å². The van der Waals surface area contributed by atoms with E-state index in [1.54, 1.807) is 0 Å². The molecule has 5 nitrogen and oxygen atoms in total. The summed E-state index contributed by atoms with van der Waals surface area (Å²) in [7, 11) is -5.10. The molecule has 0 amide bonds. The second kappa shape index (κ2) is 12.5. The number of halogens is 5. The Morgan fingerprint density at radius 3 is 2.07 bits per heavy atom. The summed E-state index contributed by atoms with van der Waals surface area (Å²) < 4.78 is 93.8. The molecule has 0 aliphatic heterocycles. The Balaban J connectivity index is 1.23. The molecular formula is C34H47F5O5S. The van der Waals surface area contributed by atoms with Crippen LogP contribution in [0.5, 0.6) is 0 Å². The van der Waals surface area contributed by atoms with Crippen LogP contribution in [-0.2, 0) is 14.6 Å². The third kappa shape index (κ3) is 5.68. The SMILES string of the molecule is CC[C@H]1[C@@H](O)[C@@H]2[C@H](CC[C@]3(C)[C@@H]([C@H](C)CCCC(=O)CS(=O)(=O)c4c(F)c(F)c(F)c(F)c4F)CC[C@@H]23)[C@@]2(C)CC[C@@H](O)C[C@@H]12. The van der Waals surface area contributed by atoms with Crippen molar-refractivity contribution in [1.82, 2.24) is 0 Å². The molecule has 4 saturated carbocycles. The van der Waals surface area contributed by atoms with Crippen LogP contribution >= 0.6 is 0 Å². The van der Waals surface area contributed by atoms with Crippen molar-refractivity contribution in [3.05, 3.63) is 29.1 Å². The Morgan fingerprint density at radius 1 is 0.867 bits per heavy atom. The van der Waals surface area contributed by atoms with E-state index in [0.717, 1.165) is 51.4 Å². The van der Waals surface area contributed by atoms with Crippen LogP contribution in [0.2, 0.25) is 0 Å². The van der Waals surface area contributed by atoms with E-state index in [1.165, 1.54) is 0 Å². The Hall–Kier alpha value is -1.59. The van der Waals surface area contributed by atoms with Gasteiger partial charge in [-0.25, -0.2) is 30.4 Å². The molecule has 11 atom stereocenters. The number of aliphatic hydroxyl groups excluding tert-OH is 2. The molecule has 4 aliphatic rings. The van der Waals surface area contributed by atoms with E-state index in [1.807, 2.05) is 0 Å². The van der Waals surface area contributed by atoms with Gasteiger partial charge >= 0.3 is 0 Å². The Kier molecular flexibility index (Phi) is 9.62. The van der Waals surface area contributed by atoms with Gasteiger partial charge < -0.3 is 10.2 Å². The Labute approximate surface area is 263 Å². The summed E-state index contributed by atoms with van der Waals surface area (Å²) in [6, 6.07) is 0. The van der Waals surface area contributed by atoms with Gasteiger partial charge in [-0.3, -0.25) is 4.79 Å². The molecule has 0 heterocycles. The molecule has 1 aromatic carbocycles. The van der Waals surface area contributed by atoms with Crippen molar-refractivity contribution in [2.24, 2.45) is 52.3 Å². The zero-order valence-electron chi connectivity index (χ0n) is 26.6. The highest BCUT2D eigenvalue weighted by molar-refractivity contribution is 7.92. The highest BCUT2D eigenvalue weighted by Crippen LogP contribution is 2.69. The van der Waals surface area contributed by atoms with Gasteiger partial charge in [0, 0.05) is 6.42 Å². The first-order valence-electron chi connectivity index (χ1n) is 16.6. The highest BCUT2D eigenvalue weighted by Gasteiger charge is 2.64. The maximum absolute atomic E-state index is 14.1. The third-order valence-corrected chi connectivity index (χ3v) is 14.8. The smallest absolute Gasteiger partial charge is 0.200 e. The first-order valence-corrected chi connectivity index (χ1v) is 18.3. The number of hydrogen-bond acceptors (Lipinski definition) is 5. The number of ketones is 1. The second-order valence-corrected chi connectivity index (χ2v) is 17.1. The lowest BCUT2D eigenvalue weighted by atomic mass is 9.41. The summed E-state index contributed by atoms with van der Waals surface area (Å²) in [6.45, 7) is 9.02. The number of sulfone groups is 1. The van der Waals surface area contributed by atoms with E-state index in [0.29, 0.717) is 36.5 Å². The van der Waals surface area contributed by atoms with Crippen molar-refractivity contribution in [2.45, 2.75) is 115 Å². The summed E-state index contributed by atoms with van der Waals surface area (Å²) in [4.78, 5) is 10.6. The van der Waals surface area contributed by atoms with Crippen LogP contribution < -0.4 is 0 Å². The zero-order valence-corrected chi connectivity index (χ0v) is 27.4. The summed E-state index contributed by atoms with van der Waals surface area (Å²) in [5.74, 6) is -12.3. The summed E-state index contributed by atoms with van der Waals surface area (Å²) in [5.41, 5.74) is 0.114. The molecule has 1 aromatic rings. The molecule has 11 heteroatoms. The van der Waals surface area contributed by atoms with Crippen molar-refractivity contribution < 1.29 is 45.4 Å². The number of carbonyl (C=O) groups excluding carboxylic acids is 1. The molecule has 0 saturated heterocycles. The summed E-state index contributed by atoms with van der Waals surface area (Å²) in [6.07, 6.45) is 7.59. The number of benzene rings is 1. The number of rotatable bonds is 9. The first-order chi connectivity index (χ1) is 21.0. The lowest BCUT2D eigenvalue weighted by Gasteiger charge is -2.64. The van der Waals surface area contributed by atoms with Gasteiger partial charge in [-0.2, -0.15) is 0 Å². The zero-order chi connectivity index (χ0) is 33.2. The molecule has 5 rings (SSSR count). The quantitative estimate of drug-likeness (QED) is 0.127. The van der Waals surface area contributed by atoms with Crippen LogP contribution in [0, 0.1) is 81.3 Å². The Bertz CT molecular complexity index is 1390. The summed E-state index contributed by atoms with van der Waals surface area (Å²) >= 11 is 0. The predicted octanol–water partition coefficient (Wildman–Crippen LogP) is 7.16.